The number of fused-ring (bicyclic) bond motifs is 1. The highest BCUT2D eigenvalue weighted by atomic mass is 35.5. The maximum absolute atomic E-state index is 13.8. The molecule has 1 heterocycles. The molecule has 1 fully saturated rings. The minimum absolute atomic E-state index is 0.0899. The lowest BCUT2D eigenvalue weighted by molar-refractivity contribution is -0.139. The van der Waals surface area contributed by atoms with Gasteiger partial charge in [0.2, 0.25) is 21.8 Å². The molecule has 0 aromatic heterocycles. The molecule has 2 aromatic rings. The van der Waals surface area contributed by atoms with Crippen molar-refractivity contribution in [1.29, 1.82) is 0 Å². The lowest BCUT2D eigenvalue weighted by Gasteiger charge is -2.32. The summed E-state index contributed by atoms with van der Waals surface area (Å²) < 4.78 is 38.5. The number of anilines is 1. The van der Waals surface area contributed by atoms with E-state index < -0.39 is 28.5 Å². The zero-order valence-corrected chi connectivity index (χ0v) is 23.3. The summed E-state index contributed by atoms with van der Waals surface area (Å²) in [5.74, 6) is -0.0326. The van der Waals surface area contributed by atoms with E-state index in [0.29, 0.717) is 35.4 Å². The molecule has 0 radical (unpaired) electrons. The van der Waals surface area contributed by atoms with Crippen LogP contribution in [0.4, 0.5) is 5.69 Å². The SMILES string of the molecule is CCS(=O)(=O)N(CC(=O)N(Cc1ccc(Cl)cc1)[C@H](C)C(=O)NC1CCCC1)c1ccc2c(c1)OCCO2. The fourth-order valence-corrected chi connectivity index (χ4v) is 5.85. The number of amides is 2. The molecule has 9 nitrogen and oxygen atoms in total. The normalized spacial score (nSPS) is 16.1. The van der Waals surface area contributed by atoms with Crippen molar-refractivity contribution < 1.29 is 27.5 Å². The highest BCUT2D eigenvalue weighted by Gasteiger charge is 2.32. The van der Waals surface area contributed by atoms with Crippen molar-refractivity contribution in [2.24, 2.45) is 0 Å². The molecule has 0 bridgehead atoms. The standard InChI is InChI=1S/C27H34ClN3O6S/c1-3-38(34,35)31(23-12-13-24-25(16-23)37-15-14-36-24)18-26(32)30(17-20-8-10-21(28)11-9-20)19(2)27(33)29-22-6-4-5-7-22/h8-13,16,19,22H,3-7,14-15,17-18H2,1-2H3,(H,29,33)/t19-/m1/s1. The molecule has 2 amide bonds. The number of benzene rings is 2. The quantitative estimate of drug-likeness (QED) is 0.472. The molecule has 2 aromatic carbocycles. The Morgan fingerprint density at radius 3 is 2.37 bits per heavy atom. The van der Waals surface area contributed by atoms with Crippen LogP contribution in [-0.2, 0) is 26.2 Å². The smallest absolute Gasteiger partial charge is 0.244 e. The Hall–Kier alpha value is -2.98. The second-order valence-electron chi connectivity index (χ2n) is 9.55. The van der Waals surface area contributed by atoms with E-state index in [2.05, 4.69) is 5.32 Å². The van der Waals surface area contributed by atoms with Gasteiger partial charge in [0, 0.05) is 23.7 Å². The first-order chi connectivity index (χ1) is 18.2. The molecular weight excluding hydrogens is 530 g/mol. The number of carbonyl (C=O) groups is 2. The van der Waals surface area contributed by atoms with E-state index in [1.165, 1.54) is 11.8 Å². The van der Waals surface area contributed by atoms with Gasteiger partial charge in [0.05, 0.1) is 11.4 Å². The maximum atomic E-state index is 13.8. The van der Waals surface area contributed by atoms with Gasteiger partial charge in [-0.25, -0.2) is 8.42 Å². The van der Waals surface area contributed by atoms with Crippen LogP contribution in [0.2, 0.25) is 5.02 Å². The van der Waals surface area contributed by atoms with Gasteiger partial charge in [-0.05, 0) is 56.5 Å². The third-order valence-electron chi connectivity index (χ3n) is 6.93. The first-order valence-electron chi connectivity index (χ1n) is 12.9. The van der Waals surface area contributed by atoms with Crippen molar-refractivity contribution in [2.75, 3.05) is 29.8 Å². The number of hydrogen-bond donors (Lipinski definition) is 1. The lowest BCUT2D eigenvalue weighted by atomic mass is 10.1. The van der Waals surface area contributed by atoms with Crippen LogP contribution in [0.5, 0.6) is 11.5 Å². The Morgan fingerprint density at radius 1 is 1.05 bits per heavy atom. The predicted molar refractivity (Wildman–Crippen MR) is 146 cm³/mol. The molecule has 11 heteroatoms. The zero-order valence-electron chi connectivity index (χ0n) is 21.7. The maximum Gasteiger partial charge on any atom is 0.244 e. The van der Waals surface area contributed by atoms with Gasteiger partial charge in [-0.3, -0.25) is 13.9 Å². The third-order valence-corrected chi connectivity index (χ3v) is 8.92. The number of halogens is 1. The van der Waals surface area contributed by atoms with E-state index >= 15 is 0 Å². The summed E-state index contributed by atoms with van der Waals surface area (Å²) in [6, 6.07) is 11.1. The van der Waals surface area contributed by atoms with E-state index in [-0.39, 0.29) is 24.2 Å². The first kappa shape index (κ1) is 28.0. The Bertz CT molecular complexity index is 1250. The second-order valence-corrected chi connectivity index (χ2v) is 12.2. The van der Waals surface area contributed by atoms with E-state index in [9.17, 15) is 18.0 Å². The topological polar surface area (TPSA) is 105 Å². The van der Waals surface area contributed by atoms with Crippen molar-refractivity contribution in [3.05, 3.63) is 53.1 Å². The van der Waals surface area contributed by atoms with Gasteiger partial charge < -0.3 is 19.7 Å². The molecule has 4 rings (SSSR count). The van der Waals surface area contributed by atoms with Gasteiger partial charge in [-0.15, -0.1) is 0 Å². The average Bonchev–Trinajstić information content (AvgIpc) is 3.43. The van der Waals surface area contributed by atoms with Crippen LogP contribution < -0.4 is 19.1 Å². The molecule has 206 valence electrons. The summed E-state index contributed by atoms with van der Waals surface area (Å²) in [4.78, 5) is 28.4. The van der Waals surface area contributed by atoms with Crippen molar-refractivity contribution in [2.45, 2.75) is 58.2 Å². The number of nitrogens with zero attached hydrogens (tertiary/aromatic N) is 2. The molecule has 0 spiro atoms. The number of carbonyl (C=O) groups excluding carboxylic acids is 2. The van der Waals surface area contributed by atoms with Crippen LogP contribution in [0.15, 0.2) is 42.5 Å². The van der Waals surface area contributed by atoms with Crippen LogP contribution in [0, 0.1) is 0 Å². The monoisotopic (exact) mass is 563 g/mol. The van der Waals surface area contributed by atoms with Crippen LogP contribution in [0.3, 0.4) is 0 Å². The molecule has 0 unspecified atom stereocenters. The number of ether oxygens (including phenoxy) is 2. The summed E-state index contributed by atoms with van der Waals surface area (Å²) in [5, 5.41) is 3.61. The Kier molecular flexibility index (Phi) is 9.04. The van der Waals surface area contributed by atoms with Crippen molar-refractivity contribution in [3.63, 3.8) is 0 Å². The van der Waals surface area contributed by atoms with Gasteiger partial charge in [0.1, 0.15) is 25.8 Å². The Morgan fingerprint density at radius 2 is 1.71 bits per heavy atom. The van der Waals surface area contributed by atoms with Crippen LogP contribution in [0.1, 0.15) is 45.1 Å². The van der Waals surface area contributed by atoms with Crippen LogP contribution in [0.25, 0.3) is 0 Å². The van der Waals surface area contributed by atoms with Gasteiger partial charge in [0.15, 0.2) is 11.5 Å². The summed E-state index contributed by atoms with van der Waals surface area (Å²) >= 11 is 6.03. The third kappa shape index (κ3) is 6.71. The largest absolute Gasteiger partial charge is 0.486 e. The van der Waals surface area contributed by atoms with Gasteiger partial charge in [-0.2, -0.15) is 0 Å². The second kappa shape index (κ2) is 12.3. The van der Waals surface area contributed by atoms with Gasteiger partial charge in [0.25, 0.3) is 0 Å². The zero-order chi connectivity index (χ0) is 27.3. The fourth-order valence-electron chi connectivity index (χ4n) is 4.67. The highest BCUT2D eigenvalue weighted by molar-refractivity contribution is 7.92. The van der Waals surface area contributed by atoms with Crippen LogP contribution >= 0.6 is 11.6 Å². The Balaban J connectivity index is 1.61. The highest BCUT2D eigenvalue weighted by Crippen LogP contribution is 2.35. The fraction of sp³-hybridized carbons (Fsp3) is 0.481. The lowest BCUT2D eigenvalue weighted by Crippen LogP contribution is -2.52. The van der Waals surface area contributed by atoms with Gasteiger partial charge in [-0.1, -0.05) is 36.6 Å². The molecule has 1 aliphatic heterocycles. The number of hydrogen-bond acceptors (Lipinski definition) is 6. The minimum Gasteiger partial charge on any atom is -0.486 e. The molecule has 1 atom stereocenters. The predicted octanol–water partition coefficient (Wildman–Crippen LogP) is 3.74. The molecule has 1 N–H and O–H groups in total. The number of nitrogens with one attached hydrogen (secondary N) is 1. The average molecular weight is 564 g/mol. The number of sulfonamides is 1. The van der Waals surface area contributed by atoms with E-state index in [4.69, 9.17) is 21.1 Å². The van der Waals surface area contributed by atoms with Crippen molar-refractivity contribution in [3.8, 4) is 11.5 Å². The van der Waals surface area contributed by atoms with Gasteiger partial charge >= 0.3 is 0 Å². The van der Waals surface area contributed by atoms with Crippen molar-refractivity contribution >= 4 is 39.1 Å². The van der Waals surface area contributed by atoms with E-state index in [1.54, 1.807) is 49.4 Å². The van der Waals surface area contributed by atoms with Crippen LogP contribution in [-0.4, -0.2) is 62.7 Å². The van der Waals surface area contributed by atoms with E-state index in [1.807, 2.05) is 0 Å². The molecule has 2 aliphatic rings. The molecule has 1 saturated carbocycles. The molecule has 1 aliphatic carbocycles. The molecule has 0 saturated heterocycles. The molecule has 38 heavy (non-hydrogen) atoms. The van der Waals surface area contributed by atoms with E-state index in [0.717, 1.165) is 35.6 Å². The molecular formula is C27H34ClN3O6S. The summed E-state index contributed by atoms with van der Waals surface area (Å²) in [6.07, 6.45) is 3.95. The van der Waals surface area contributed by atoms with Crippen molar-refractivity contribution in [1.82, 2.24) is 10.2 Å². The minimum atomic E-state index is -3.84. The summed E-state index contributed by atoms with van der Waals surface area (Å²) in [5.41, 5.74) is 1.06. The summed E-state index contributed by atoms with van der Waals surface area (Å²) in [6.45, 7) is 3.59. The first-order valence-corrected chi connectivity index (χ1v) is 14.9. The number of rotatable bonds is 10. The Labute approximate surface area is 229 Å². The summed E-state index contributed by atoms with van der Waals surface area (Å²) in [7, 11) is -3.84.